The van der Waals surface area contributed by atoms with Crippen molar-refractivity contribution in [3.8, 4) is 17.9 Å². The number of ether oxygens (including phenoxy) is 4. The van der Waals surface area contributed by atoms with E-state index in [0.717, 1.165) is 31.7 Å². The predicted octanol–water partition coefficient (Wildman–Crippen LogP) is 11.1. The van der Waals surface area contributed by atoms with E-state index in [9.17, 15) is 19.5 Å². The van der Waals surface area contributed by atoms with Crippen LogP contribution in [0.5, 0.6) is 5.75 Å². The summed E-state index contributed by atoms with van der Waals surface area (Å²) in [6.07, 6.45) is 13.9. The summed E-state index contributed by atoms with van der Waals surface area (Å²) in [7, 11) is -4.65. The van der Waals surface area contributed by atoms with Crippen LogP contribution in [0.3, 0.4) is 0 Å². The predicted molar refractivity (Wildman–Crippen MR) is 235 cm³/mol. The first-order valence-electron chi connectivity index (χ1n) is 22.1. The Morgan fingerprint density at radius 1 is 0.937 bits per heavy atom. The Kier molecular flexibility index (Phi) is 17.4. The number of unbranched alkanes of at least 4 members (excludes halogenated alkanes) is 12. The van der Waals surface area contributed by atoms with Crippen molar-refractivity contribution < 1.29 is 41.5 Å². The average molecular weight is 909 g/mol. The highest BCUT2D eigenvalue weighted by atomic mass is 35.5. The van der Waals surface area contributed by atoms with E-state index in [0.29, 0.717) is 23.2 Å². The van der Waals surface area contributed by atoms with Gasteiger partial charge in [0.1, 0.15) is 54.4 Å². The van der Waals surface area contributed by atoms with E-state index >= 15 is 0 Å². The highest BCUT2D eigenvalue weighted by Gasteiger charge is 2.65. The number of halogens is 2. The molecule has 63 heavy (non-hydrogen) atoms. The fourth-order valence-electron chi connectivity index (χ4n) is 8.08. The molecule has 0 spiro atoms. The molecule has 4 aromatic rings. The normalized spacial score (nSPS) is 21.7. The minimum atomic E-state index is -4.65. The van der Waals surface area contributed by atoms with Crippen LogP contribution in [0, 0.1) is 28.5 Å². The quantitative estimate of drug-likeness (QED) is 0.0464. The van der Waals surface area contributed by atoms with Crippen LogP contribution < -0.4 is 10.3 Å². The monoisotopic (exact) mass is 908 g/mol. The molecule has 0 radical (unpaired) electrons. The number of rotatable bonds is 26. The second-order valence-electron chi connectivity index (χ2n) is 16.7. The minimum absolute atomic E-state index is 0.0212. The summed E-state index contributed by atoms with van der Waals surface area (Å²) in [6.45, 7) is 4.74. The van der Waals surface area contributed by atoms with Crippen LogP contribution in [0.25, 0.3) is 5.52 Å². The van der Waals surface area contributed by atoms with E-state index in [1.807, 2.05) is 6.07 Å². The molecule has 14 nitrogen and oxygen atoms in total. The highest BCUT2D eigenvalue weighted by molar-refractivity contribution is 7.49. The largest absolute Gasteiger partial charge is 0.530 e. The molecular weight excluding hydrogens is 850 g/mol. The van der Waals surface area contributed by atoms with Crippen molar-refractivity contribution in [2.24, 2.45) is 0 Å². The minimum Gasteiger partial charge on any atom is -0.402 e. The first-order valence-corrected chi connectivity index (χ1v) is 23.9. The Balaban J connectivity index is 1.15. The number of nitrogens with two attached hydrogens (primary N) is 1. The van der Waals surface area contributed by atoms with Gasteiger partial charge in [0.25, 0.3) is 0 Å². The molecule has 0 saturated carbocycles. The number of benzene rings is 2. The summed E-state index contributed by atoms with van der Waals surface area (Å²) < 4.78 is 74.2. The van der Waals surface area contributed by atoms with Crippen molar-refractivity contribution in [2.45, 2.75) is 153 Å². The Morgan fingerprint density at radius 2 is 1.63 bits per heavy atom. The van der Waals surface area contributed by atoms with Crippen LogP contribution >= 0.6 is 19.4 Å². The van der Waals surface area contributed by atoms with Crippen LogP contribution in [-0.4, -0.2) is 57.5 Å². The number of phosphoric ester groups is 1. The molecule has 2 saturated heterocycles. The number of nitrogen functional groups attached to an aromatic ring is 1. The van der Waals surface area contributed by atoms with E-state index in [1.54, 1.807) is 54.8 Å². The third-order valence-electron chi connectivity index (χ3n) is 11.3. The number of anilines is 1. The van der Waals surface area contributed by atoms with Crippen LogP contribution in [0.15, 0.2) is 60.9 Å². The zero-order valence-corrected chi connectivity index (χ0v) is 38.0. The lowest BCUT2D eigenvalue weighted by atomic mass is 9.96. The second kappa shape index (κ2) is 22.7. The molecular formula is C46H59ClFN6O8P. The van der Waals surface area contributed by atoms with Gasteiger partial charge in [-0.15, -0.1) is 0 Å². The van der Waals surface area contributed by atoms with Gasteiger partial charge >= 0.3 is 7.82 Å². The maximum Gasteiger partial charge on any atom is 0.530 e. The van der Waals surface area contributed by atoms with Gasteiger partial charge in [-0.3, -0.25) is 9.05 Å². The van der Waals surface area contributed by atoms with Gasteiger partial charge in [0.15, 0.2) is 11.6 Å². The summed E-state index contributed by atoms with van der Waals surface area (Å²) >= 11 is 6.47. The average Bonchev–Trinajstić information content (AvgIpc) is 3.93. The van der Waals surface area contributed by atoms with Gasteiger partial charge in [-0.05, 0) is 68.3 Å². The maximum absolute atomic E-state index is 14.8. The van der Waals surface area contributed by atoms with Crippen LogP contribution in [0.2, 0.25) is 5.02 Å². The van der Waals surface area contributed by atoms with Crippen LogP contribution in [0.1, 0.15) is 134 Å². The van der Waals surface area contributed by atoms with Crippen molar-refractivity contribution in [3.05, 3.63) is 88.6 Å². The first kappa shape index (κ1) is 48.3. The van der Waals surface area contributed by atoms with Gasteiger partial charge in [0.05, 0.1) is 41.7 Å². The van der Waals surface area contributed by atoms with E-state index < -0.39 is 56.1 Å². The number of phosphoric acid groups is 1. The summed E-state index contributed by atoms with van der Waals surface area (Å²) in [5.74, 6) is -1.41. The Labute approximate surface area is 374 Å². The smallest absolute Gasteiger partial charge is 0.402 e. The fourth-order valence-corrected chi connectivity index (χ4v) is 9.59. The molecule has 0 amide bonds. The lowest BCUT2D eigenvalue weighted by Crippen LogP contribution is -2.46. The van der Waals surface area contributed by atoms with Gasteiger partial charge in [0.2, 0.25) is 5.60 Å². The molecule has 4 heterocycles. The molecule has 2 aromatic carbocycles. The van der Waals surface area contributed by atoms with Crippen LogP contribution in [0.4, 0.5) is 10.2 Å². The zero-order valence-electron chi connectivity index (χ0n) is 36.4. The third kappa shape index (κ3) is 13.0. The van der Waals surface area contributed by atoms with E-state index in [4.69, 9.17) is 49.9 Å². The SMILES string of the molecule is CCCCCCCCCCCCCCC[C@H](COP(=O)(OC[C@@]1(C#N)O[C@@H](c2ccc3c(N)ncnn23)[C@@H]2OC(C)(C)O[C@@H]21)Oc1ccccc1Cl)OCc1cc(F)cc(C#N)c1. The number of aromatic nitrogens is 3. The van der Waals surface area contributed by atoms with Crippen molar-refractivity contribution in [1.29, 1.82) is 10.5 Å². The molecule has 1 unspecified atom stereocenters. The molecule has 2 aliphatic rings. The van der Waals surface area contributed by atoms with Crippen molar-refractivity contribution >= 4 is 30.8 Å². The van der Waals surface area contributed by atoms with Gasteiger partial charge in [-0.1, -0.05) is 114 Å². The molecule has 2 aliphatic heterocycles. The molecule has 6 rings (SSSR count). The molecule has 0 aliphatic carbocycles. The van der Waals surface area contributed by atoms with Gasteiger partial charge < -0.3 is 29.2 Å². The van der Waals surface area contributed by atoms with Crippen LogP contribution in [-0.2, 0) is 39.2 Å². The lowest BCUT2D eigenvalue weighted by Gasteiger charge is -2.30. The van der Waals surface area contributed by atoms with E-state index in [1.165, 1.54) is 76.2 Å². The number of nitrogens with zero attached hydrogens (tertiary/aromatic N) is 5. The number of para-hydroxylation sites is 1. The van der Waals surface area contributed by atoms with Gasteiger partial charge in [-0.2, -0.15) is 15.6 Å². The highest BCUT2D eigenvalue weighted by Crippen LogP contribution is 2.55. The molecule has 2 aromatic heterocycles. The summed E-state index contributed by atoms with van der Waals surface area (Å²) in [5, 5.41) is 24.8. The first-order chi connectivity index (χ1) is 30.4. The molecule has 17 heteroatoms. The molecule has 6 atom stereocenters. The fraction of sp³-hybridized carbons (Fsp3) is 0.565. The lowest BCUT2D eigenvalue weighted by molar-refractivity contribution is -0.204. The van der Waals surface area contributed by atoms with Gasteiger partial charge in [0, 0.05) is 0 Å². The summed E-state index contributed by atoms with van der Waals surface area (Å²) in [6, 6.07) is 18.1. The maximum atomic E-state index is 14.8. The zero-order chi connectivity index (χ0) is 44.9. The van der Waals surface area contributed by atoms with Gasteiger partial charge in [-0.25, -0.2) is 18.5 Å². The van der Waals surface area contributed by atoms with Crippen molar-refractivity contribution in [2.75, 3.05) is 18.9 Å². The van der Waals surface area contributed by atoms with E-state index in [-0.39, 0.29) is 35.4 Å². The Morgan fingerprint density at radius 3 is 2.32 bits per heavy atom. The number of fused-ring (bicyclic) bond motifs is 2. The number of nitriles is 2. The Bertz CT molecular complexity index is 2250. The van der Waals surface area contributed by atoms with Crippen molar-refractivity contribution in [1.82, 2.24) is 14.6 Å². The summed E-state index contributed by atoms with van der Waals surface area (Å²) in [5.41, 5.74) is 5.91. The molecule has 340 valence electrons. The topological polar surface area (TPSA) is 185 Å². The van der Waals surface area contributed by atoms with Crippen molar-refractivity contribution in [3.63, 3.8) is 0 Å². The standard InChI is InChI=1S/C46H59ClFN6O8P/c1-4-5-6-7-8-9-10-11-12-13-14-15-16-19-36(56-28-34-24-33(27-49)25-35(48)26-34)29-57-63(55,62-40-21-18-17-20-37(40)47)58-31-46(30-50)43-42(59-45(2,3)61-43)41(60-46)38-22-23-39-44(51)52-32-53-54(38)39/h17-18,20-26,32,36,41-43H,4-16,19,28-29,31H2,1-3H3,(H2,51,52,53)/t36-,41+,42+,43+,46-,63?/m1/s1. The molecule has 2 fully saturated rings. The number of hydrogen-bond donors (Lipinski definition) is 1. The molecule has 2 N–H and O–H groups in total. The van der Waals surface area contributed by atoms with E-state index in [2.05, 4.69) is 23.1 Å². The number of hydrogen-bond acceptors (Lipinski definition) is 13. The second-order valence-corrected chi connectivity index (χ2v) is 18.7. The Hall–Kier alpha value is -4.15. The third-order valence-corrected chi connectivity index (χ3v) is 13.0. The molecule has 0 bridgehead atoms. The summed E-state index contributed by atoms with van der Waals surface area (Å²) in [4.78, 5) is 4.07.